The zero-order chi connectivity index (χ0) is 13.7. The summed E-state index contributed by atoms with van der Waals surface area (Å²) in [5.74, 6) is 1.67. The average molecular weight is 289 g/mol. The van der Waals surface area contributed by atoms with Crippen LogP contribution in [0.3, 0.4) is 0 Å². The quantitative estimate of drug-likeness (QED) is 0.920. The Labute approximate surface area is 121 Å². The van der Waals surface area contributed by atoms with Crippen LogP contribution in [0.15, 0.2) is 16.2 Å². The van der Waals surface area contributed by atoms with Crippen LogP contribution in [0.5, 0.6) is 0 Å². The lowest BCUT2D eigenvalue weighted by Gasteiger charge is -2.28. The van der Waals surface area contributed by atoms with Crippen LogP contribution >= 0.6 is 11.3 Å². The highest BCUT2D eigenvalue weighted by atomic mass is 32.1. The third kappa shape index (κ3) is 2.29. The van der Waals surface area contributed by atoms with Crippen molar-refractivity contribution in [3.05, 3.63) is 27.6 Å². The molecule has 4 nitrogen and oxygen atoms in total. The molecule has 2 saturated carbocycles. The molecule has 0 bridgehead atoms. The lowest BCUT2D eigenvalue weighted by atomic mass is 10.1. The molecule has 20 heavy (non-hydrogen) atoms. The summed E-state index contributed by atoms with van der Waals surface area (Å²) < 4.78 is 0.738. The topological polar surface area (TPSA) is 49.0 Å². The van der Waals surface area contributed by atoms with Gasteiger partial charge in [-0.2, -0.15) is 0 Å². The predicted molar refractivity (Wildman–Crippen MR) is 81.0 cm³/mol. The van der Waals surface area contributed by atoms with E-state index in [4.69, 9.17) is 0 Å². The van der Waals surface area contributed by atoms with Gasteiger partial charge in [0.15, 0.2) is 0 Å². The van der Waals surface area contributed by atoms with Crippen LogP contribution < -0.4 is 5.56 Å². The highest BCUT2D eigenvalue weighted by molar-refractivity contribution is 7.17. The van der Waals surface area contributed by atoms with Crippen LogP contribution in [0.1, 0.15) is 38.4 Å². The Morgan fingerprint density at radius 3 is 2.95 bits per heavy atom. The molecular weight excluding hydrogens is 270 g/mol. The summed E-state index contributed by atoms with van der Waals surface area (Å²) in [5, 5.41) is 1.93. The predicted octanol–water partition coefficient (Wildman–Crippen LogP) is 2.75. The summed E-state index contributed by atoms with van der Waals surface area (Å²) in [7, 11) is 0. The van der Waals surface area contributed by atoms with E-state index in [1.165, 1.54) is 37.0 Å². The monoisotopic (exact) mass is 289 g/mol. The molecule has 2 aromatic rings. The number of rotatable bonds is 5. The third-order valence-corrected chi connectivity index (χ3v) is 5.44. The van der Waals surface area contributed by atoms with Crippen LogP contribution in [0.25, 0.3) is 10.2 Å². The zero-order valence-electron chi connectivity index (χ0n) is 11.6. The first kappa shape index (κ1) is 12.5. The number of hydrogen-bond donors (Lipinski definition) is 1. The Kier molecular flexibility index (Phi) is 2.93. The number of thiophene rings is 1. The SMILES string of the molecule is CC(C1CC1)N(Cc1nc2ccsc2c(=O)[nH]1)C1CC1. The van der Waals surface area contributed by atoms with Gasteiger partial charge < -0.3 is 4.98 Å². The van der Waals surface area contributed by atoms with Crippen LogP contribution in [0.4, 0.5) is 0 Å². The van der Waals surface area contributed by atoms with Gasteiger partial charge in [-0.3, -0.25) is 9.69 Å². The second-order valence-corrected chi connectivity index (χ2v) is 7.05. The van der Waals surface area contributed by atoms with E-state index >= 15 is 0 Å². The Morgan fingerprint density at radius 2 is 2.25 bits per heavy atom. The summed E-state index contributed by atoms with van der Waals surface area (Å²) in [6, 6.07) is 3.25. The fourth-order valence-electron chi connectivity index (χ4n) is 3.03. The van der Waals surface area contributed by atoms with Crippen LogP contribution in [-0.4, -0.2) is 27.0 Å². The van der Waals surface area contributed by atoms with Crippen molar-refractivity contribution in [2.45, 2.75) is 51.2 Å². The van der Waals surface area contributed by atoms with Crippen molar-refractivity contribution >= 4 is 21.6 Å². The Morgan fingerprint density at radius 1 is 1.45 bits per heavy atom. The summed E-state index contributed by atoms with van der Waals surface area (Å²) in [6.07, 6.45) is 5.31. The fraction of sp³-hybridized carbons (Fsp3) is 0.600. The molecule has 4 rings (SSSR count). The molecule has 2 aliphatic rings. The average Bonchev–Trinajstić information content (AvgIpc) is 3.33. The molecular formula is C15H19N3OS. The van der Waals surface area contributed by atoms with E-state index in [0.29, 0.717) is 12.1 Å². The Hall–Kier alpha value is -1.20. The van der Waals surface area contributed by atoms with Gasteiger partial charge in [-0.1, -0.05) is 0 Å². The molecule has 106 valence electrons. The normalized spacial score (nSPS) is 20.7. The first-order valence-corrected chi connectivity index (χ1v) is 8.32. The summed E-state index contributed by atoms with van der Waals surface area (Å²) in [5.41, 5.74) is 0.846. The summed E-state index contributed by atoms with van der Waals surface area (Å²) in [4.78, 5) is 22.2. The maximum atomic E-state index is 12.0. The molecule has 0 amide bonds. The van der Waals surface area contributed by atoms with Gasteiger partial charge in [-0.25, -0.2) is 4.98 Å². The van der Waals surface area contributed by atoms with Gasteiger partial charge in [0.25, 0.3) is 5.56 Å². The molecule has 0 radical (unpaired) electrons. The van der Waals surface area contributed by atoms with Crippen molar-refractivity contribution in [1.29, 1.82) is 0 Å². The molecule has 0 aromatic carbocycles. The lowest BCUT2D eigenvalue weighted by Crippen LogP contribution is -2.37. The molecule has 5 heteroatoms. The van der Waals surface area contributed by atoms with E-state index in [1.54, 1.807) is 0 Å². The largest absolute Gasteiger partial charge is 0.308 e. The number of fused-ring (bicyclic) bond motifs is 1. The number of aromatic nitrogens is 2. The molecule has 0 saturated heterocycles. The van der Waals surface area contributed by atoms with Crippen molar-refractivity contribution in [1.82, 2.24) is 14.9 Å². The molecule has 2 heterocycles. The van der Waals surface area contributed by atoms with Crippen LogP contribution in [0, 0.1) is 5.92 Å². The molecule has 1 atom stereocenters. The second-order valence-electron chi connectivity index (χ2n) is 6.13. The fourth-order valence-corrected chi connectivity index (χ4v) is 3.76. The molecule has 0 spiro atoms. The number of aromatic amines is 1. The molecule has 1 N–H and O–H groups in total. The minimum absolute atomic E-state index is 0.00909. The second kappa shape index (κ2) is 4.67. The highest BCUT2D eigenvalue weighted by Crippen LogP contribution is 2.40. The van der Waals surface area contributed by atoms with Gasteiger partial charge in [-0.15, -0.1) is 11.3 Å². The van der Waals surface area contributed by atoms with E-state index in [1.807, 2.05) is 11.4 Å². The van der Waals surface area contributed by atoms with E-state index < -0.39 is 0 Å². The minimum atomic E-state index is 0.00909. The van der Waals surface area contributed by atoms with E-state index in [-0.39, 0.29) is 5.56 Å². The standard InChI is InChI=1S/C15H19N3OS/c1-9(10-2-3-10)18(11-4-5-11)8-13-16-12-6-7-20-14(12)15(19)17-13/h6-7,9-11H,2-5,8H2,1H3,(H,16,17,19). The number of hydrogen-bond acceptors (Lipinski definition) is 4. The van der Waals surface area contributed by atoms with E-state index in [2.05, 4.69) is 21.8 Å². The van der Waals surface area contributed by atoms with Crippen molar-refractivity contribution in [2.24, 2.45) is 5.92 Å². The molecule has 2 aromatic heterocycles. The Balaban J connectivity index is 1.62. The summed E-state index contributed by atoms with van der Waals surface area (Å²) >= 11 is 1.46. The van der Waals surface area contributed by atoms with Crippen molar-refractivity contribution in [3.8, 4) is 0 Å². The lowest BCUT2D eigenvalue weighted by molar-refractivity contribution is 0.166. The minimum Gasteiger partial charge on any atom is -0.308 e. The highest BCUT2D eigenvalue weighted by Gasteiger charge is 2.39. The molecule has 0 aliphatic heterocycles. The first-order valence-electron chi connectivity index (χ1n) is 7.44. The van der Waals surface area contributed by atoms with E-state index in [9.17, 15) is 4.79 Å². The van der Waals surface area contributed by atoms with Gasteiger partial charge in [0, 0.05) is 12.1 Å². The summed E-state index contributed by atoms with van der Waals surface area (Å²) in [6.45, 7) is 3.11. The van der Waals surface area contributed by atoms with Crippen molar-refractivity contribution < 1.29 is 0 Å². The van der Waals surface area contributed by atoms with Gasteiger partial charge in [0.2, 0.25) is 0 Å². The molecule has 2 fully saturated rings. The van der Waals surface area contributed by atoms with Crippen LogP contribution in [0.2, 0.25) is 0 Å². The third-order valence-electron chi connectivity index (χ3n) is 4.54. The smallest absolute Gasteiger partial charge is 0.268 e. The van der Waals surface area contributed by atoms with Gasteiger partial charge >= 0.3 is 0 Å². The van der Waals surface area contributed by atoms with Crippen molar-refractivity contribution in [3.63, 3.8) is 0 Å². The Bertz CT molecular complexity index is 684. The maximum absolute atomic E-state index is 12.0. The molecule has 1 unspecified atom stereocenters. The molecule has 2 aliphatic carbocycles. The number of H-pyrrole nitrogens is 1. The zero-order valence-corrected chi connectivity index (χ0v) is 12.4. The maximum Gasteiger partial charge on any atom is 0.268 e. The number of nitrogens with one attached hydrogen (secondary N) is 1. The van der Waals surface area contributed by atoms with Crippen LogP contribution in [-0.2, 0) is 6.54 Å². The number of nitrogens with zero attached hydrogens (tertiary/aromatic N) is 2. The van der Waals surface area contributed by atoms with E-state index in [0.717, 1.165) is 28.5 Å². The first-order chi connectivity index (χ1) is 9.72. The van der Waals surface area contributed by atoms with Crippen molar-refractivity contribution in [2.75, 3.05) is 0 Å². The van der Waals surface area contributed by atoms with Gasteiger partial charge in [0.05, 0.1) is 12.1 Å². The van der Waals surface area contributed by atoms with Gasteiger partial charge in [0.1, 0.15) is 10.5 Å². The van der Waals surface area contributed by atoms with Gasteiger partial charge in [-0.05, 0) is 50.0 Å².